The van der Waals surface area contributed by atoms with Crippen molar-refractivity contribution in [1.29, 1.82) is 0 Å². The van der Waals surface area contributed by atoms with Gasteiger partial charge < -0.3 is 10.2 Å². The maximum absolute atomic E-state index is 14.1. The standard InChI is InChI=1S/C28H35N5O3/c1-16(2)11-22(31(4)25(34)23-13-17-12-21(17)33(23)18-9-10-18)26(35)32-15-28(14-24(32)29-3)19-7-5-6-8-20(19)30-27(28)36/h5-8,16-18,21-24H,9-15H2,1-2,4H3,(H,30,36)/t17-,21-,22+,23+,24+,28+/m1/s1. The van der Waals surface area contributed by atoms with Gasteiger partial charge in [-0.25, -0.2) is 6.57 Å². The third-order valence-electron chi connectivity index (χ3n) is 9.09. The van der Waals surface area contributed by atoms with Crippen molar-refractivity contribution in [2.45, 2.75) is 88.1 Å². The summed E-state index contributed by atoms with van der Waals surface area (Å²) in [6.07, 6.45) is 4.49. The van der Waals surface area contributed by atoms with E-state index in [1.807, 2.05) is 24.3 Å². The van der Waals surface area contributed by atoms with Crippen molar-refractivity contribution in [2.24, 2.45) is 11.8 Å². The molecule has 0 unspecified atom stereocenters. The number of benzene rings is 1. The summed E-state index contributed by atoms with van der Waals surface area (Å²) in [5, 5.41) is 2.95. The molecule has 1 N–H and O–H groups in total. The number of likely N-dealkylation sites (N-methyl/N-ethyl adjacent to an activating group) is 1. The minimum absolute atomic E-state index is 0.0327. The monoisotopic (exact) mass is 489 g/mol. The molecule has 2 aliphatic carbocycles. The molecular weight excluding hydrogens is 454 g/mol. The molecule has 0 radical (unpaired) electrons. The van der Waals surface area contributed by atoms with Gasteiger partial charge in [-0.05, 0) is 55.6 Å². The van der Waals surface area contributed by atoms with Crippen LogP contribution >= 0.6 is 0 Å². The Hall–Kier alpha value is -2.92. The number of anilines is 1. The molecule has 5 aliphatic rings. The second-order valence-electron chi connectivity index (χ2n) is 11.9. The summed E-state index contributed by atoms with van der Waals surface area (Å²) < 4.78 is 0. The highest BCUT2D eigenvalue weighted by Crippen LogP contribution is 2.53. The van der Waals surface area contributed by atoms with E-state index in [1.165, 1.54) is 6.42 Å². The van der Waals surface area contributed by atoms with Crippen molar-refractivity contribution in [3.63, 3.8) is 0 Å². The average molecular weight is 490 g/mol. The predicted octanol–water partition coefficient (Wildman–Crippen LogP) is 2.85. The molecular formula is C28H35N5O3. The van der Waals surface area contributed by atoms with Gasteiger partial charge >= 0.3 is 6.17 Å². The van der Waals surface area contributed by atoms with Gasteiger partial charge in [0.2, 0.25) is 11.8 Å². The number of nitrogens with zero attached hydrogens (tertiary/aromatic N) is 4. The first-order chi connectivity index (χ1) is 17.2. The second kappa shape index (κ2) is 8.31. The van der Waals surface area contributed by atoms with Crippen LogP contribution in [0, 0.1) is 18.4 Å². The maximum Gasteiger partial charge on any atom is 0.302 e. The molecule has 2 saturated heterocycles. The molecule has 190 valence electrons. The molecule has 6 rings (SSSR count). The number of carbonyl (C=O) groups excluding carboxylic acids is 3. The first-order valence-corrected chi connectivity index (χ1v) is 13.4. The Kier molecular flexibility index (Phi) is 5.42. The Morgan fingerprint density at radius 2 is 2.00 bits per heavy atom. The molecule has 8 nitrogen and oxygen atoms in total. The van der Waals surface area contributed by atoms with E-state index in [9.17, 15) is 14.4 Å². The molecule has 1 spiro atoms. The number of likely N-dealkylation sites (tertiary alicyclic amines) is 2. The summed E-state index contributed by atoms with van der Waals surface area (Å²) in [5.74, 6) is 0.492. The normalized spacial score (nSPS) is 33.3. The Balaban J connectivity index is 1.26. The minimum atomic E-state index is -0.915. The topological polar surface area (TPSA) is 77.3 Å². The molecule has 3 amide bonds. The van der Waals surface area contributed by atoms with Crippen LogP contribution in [0.3, 0.4) is 0 Å². The molecule has 8 heteroatoms. The van der Waals surface area contributed by atoms with E-state index in [-0.39, 0.29) is 42.6 Å². The Labute approximate surface area is 212 Å². The third-order valence-corrected chi connectivity index (χ3v) is 9.09. The van der Waals surface area contributed by atoms with Gasteiger partial charge in [0.1, 0.15) is 11.5 Å². The lowest BCUT2D eigenvalue weighted by Gasteiger charge is -2.36. The van der Waals surface area contributed by atoms with E-state index >= 15 is 0 Å². The molecule has 6 atom stereocenters. The van der Waals surface area contributed by atoms with Crippen molar-refractivity contribution in [1.82, 2.24) is 14.7 Å². The van der Waals surface area contributed by atoms with Gasteiger partial charge in [-0.2, -0.15) is 0 Å². The fourth-order valence-corrected chi connectivity index (χ4v) is 7.02. The van der Waals surface area contributed by atoms with Crippen LogP contribution < -0.4 is 5.32 Å². The number of hydrogen-bond donors (Lipinski definition) is 1. The largest absolute Gasteiger partial charge is 0.332 e. The minimum Gasteiger partial charge on any atom is -0.332 e. The van der Waals surface area contributed by atoms with E-state index in [0.717, 1.165) is 30.5 Å². The number of piperidine rings is 1. The fourth-order valence-electron chi connectivity index (χ4n) is 7.02. The van der Waals surface area contributed by atoms with E-state index in [0.29, 0.717) is 24.4 Å². The molecule has 1 aromatic rings. The van der Waals surface area contributed by atoms with Crippen molar-refractivity contribution in [3.8, 4) is 0 Å². The van der Waals surface area contributed by atoms with E-state index < -0.39 is 17.6 Å². The summed E-state index contributed by atoms with van der Waals surface area (Å²) in [6.45, 7) is 12.1. The molecule has 36 heavy (non-hydrogen) atoms. The summed E-state index contributed by atoms with van der Waals surface area (Å²) in [5.41, 5.74) is 0.697. The SMILES string of the molecule is [C-]#[N+][C@@H]1C[C@@]2(CN1C(=O)[C@H](CC(C)C)N(C)C(=O)[C@@H]1C[C@H]3C[C@H]3N1C1CC1)C(=O)Nc1ccccc12. The van der Waals surface area contributed by atoms with Crippen LogP contribution in [0.2, 0.25) is 0 Å². The zero-order valence-corrected chi connectivity index (χ0v) is 21.3. The van der Waals surface area contributed by atoms with Crippen LogP contribution in [0.5, 0.6) is 0 Å². The highest BCUT2D eigenvalue weighted by atomic mass is 16.2. The quantitative estimate of drug-likeness (QED) is 0.624. The van der Waals surface area contributed by atoms with E-state index in [2.05, 4.69) is 28.9 Å². The highest BCUT2D eigenvalue weighted by molar-refractivity contribution is 6.07. The van der Waals surface area contributed by atoms with Crippen LogP contribution in [-0.2, 0) is 19.8 Å². The summed E-state index contributed by atoms with van der Waals surface area (Å²) in [7, 11) is 1.76. The summed E-state index contributed by atoms with van der Waals surface area (Å²) >= 11 is 0. The zero-order chi connectivity index (χ0) is 25.4. The van der Waals surface area contributed by atoms with Gasteiger partial charge in [-0.15, -0.1) is 0 Å². The van der Waals surface area contributed by atoms with Gasteiger partial charge in [0, 0.05) is 31.4 Å². The number of rotatable bonds is 6. The summed E-state index contributed by atoms with van der Waals surface area (Å²) in [4.78, 5) is 50.6. The first kappa shape index (κ1) is 23.5. The van der Waals surface area contributed by atoms with Crippen molar-refractivity contribution in [2.75, 3.05) is 18.9 Å². The number of hydrogen-bond acceptors (Lipinski definition) is 4. The number of carbonyl (C=O) groups is 3. The average Bonchev–Trinajstić information content (AvgIpc) is 3.77. The summed E-state index contributed by atoms with van der Waals surface area (Å²) in [6, 6.07) is 7.84. The fraction of sp³-hybridized carbons (Fsp3) is 0.643. The maximum atomic E-state index is 14.1. The van der Waals surface area contributed by atoms with Gasteiger partial charge in [-0.3, -0.25) is 29.0 Å². The molecule has 1 aromatic carbocycles. The molecule has 3 aliphatic heterocycles. The highest BCUT2D eigenvalue weighted by Gasteiger charge is 2.61. The van der Waals surface area contributed by atoms with Crippen molar-refractivity contribution < 1.29 is 14.4 Å². The van der Waals surface area contributed by atoms with Crippen LogP contribution in [0.25, 0.3) is 4.85 Å². The second-order valence-corrected chi connectivity index (χ2v) is 11.9. The molecule has 4 fully saturated rings. The van der Waals surface area contributed by atoms with E-state index in [1.54, 1.807) is 16.8 Å². The van der Waals surface area contributed by atoms with Gasteiger partial charge in [0.05, 0.1) is 12.5 Å². The van der Waals surface area contributed by atoms with Crippen molar-refractivity contribution >= 4 is 23.4 Å². The van der Waals surface area contributed by atoms with Crippen LogP contribution in [0.15, 0.2) is 24.3 Å². The first-order valence-electron chi connectivity index (χ1n) is 13.4. The number of fused-ring (bicyclic) bond motifs is 3. The number of nitrogens with one attached hydrogen (secondary N) is 1. The van der Waals surface area contributed by atoms with Gasteiger partial charge in [0.15, 0.2) is 0 Å². The lowest BCUT2D eigenvalue weighted by atomic mass is 9.80. The van der Waals surface area contributed by atoms with Crippen LogP contribution in [-0.4, -0.2) is 76.3 Å². The van der Waals surface area contributed by atoms with Crippen LogP contribution in [0.1, 0.15) is 57.9 Å². The molecule has 0 aromatic heterocycles. The third kappa shape index (κ3) is 3.54. The van der Waals surface area contributed by atoms with Gasteiger partial charge in [0.25, 0.3) is 5.91 Å². The number of para-hydroxylation sites is 1. The molecule has 3 heterocycles. The predicted molar refractivity (Wildman–Crippen MR) is 135 cm³/mol. The van der Waals surface area contributed by atoms with Crippen LogP contribution in [0.4, 0.5) is 5.69 Å². The molecule has 0 bridgehead atoms. The lowest BCUT2D eigenvalue weighted by Crippen LogP contribution is -2.55. The van der Waals surface area contributed by atoms with E-state index in [4.69, 9.17) is 6.57 Å². The van der Waals surface area contributed by atoms with Gasteiger partial charge in [-0.1, -0.05) is 32.0 Å². The Morgan fingerprint density at radius 3 is 2.69 bits per heavy atom. The Morgan fingerprint density at radius 1 is 1.25 bits per heavy atom. The molecule has 2 saturated carbocycles. The Bertz CT molecular complexity index is 1160. The number of amides is 3. The lowest BCUT2D eigenvalue weighted by molar-refractivity contribution is -0.148. The van der Waals surface area contributed by atoms with Crippen molar-refractivity contribution in [3.05, 3.63) is 41.2 Å². The smallest absolute Gasteiger partial charge is 0.302 e. The zero-order valence-electron chi connectivity index (χ0n) is 21.3.